The number of fused-ring (bicyclic) bond motifs is 3. The zero-order chi connectivity index (χ0) is 40.3. The number of benzene rings is 9. The van der Waals surface area contributed by atoms with Crippen molar-refractivity contribution >= 4 is 50.0 Å². The Morgan fingerprint density at radius 2 is 0.763 bits per heavy atom. The summed E-state index contributed by atoms with van der Waals surface area (Å²) in [7, 11) is 0. The number of hydrogen-bond donors (Lipinski definition) is 0. The second-order valence-electron chi connectivity index (χ2n) is 14.8. The molecule has 280 valence electrons. The van der Waals surface area contributed by atoms with Gasteiger partial charge < -0.3 is 0 Å². The van der Waals surface area contributed by atoms with Crippen molar-refractivity contribution in [2.75, 3.05) is 0 Å². The molecular weight excluding hydrogens is 709 g/mol. The van der Waals surface area contributed by atoms with Gasteiger partial charge in [0.1, 0.15) is 0 Å². The molecule has 59 heavy (non-hydrogen) atoms. The maximum Gasteiger partial charge on any atom is -0.00262 e. The van der Waals surface area contributed by atoms with Crippen LogP contribution in [0.2, 0.25) is 0 Å². The Balaban J connectivity index is 1.22. The van der Waals surface area contributed by atoms with Crippen molar-refractivity contribution in [2.45, 2.75) is 6.92 Å². The topological polar surface area (TPSA) is 0 Å². The van der Waals surface area contributed by atoms with Gasteiger partial charge >= 0.3 is 0 Å². The molecule has 9 aromatic carbocycles. The molecule has 0 heteroatoms. The SMILES string of the molecule is C=C/C=C(\C=C/C)c1c2ccccc2c(-c2ccccc2)c2cc(-c3ccc(-c4ccc5c(-c6ccccc6)c(C=C)c(C=C)c(-c6ccccc6)c5c4)cc3)ccc12. The van der Waals surface area contributed by atoms with Gasteiger partial charge in [-0.1, -0.05) is 220 Å². The second kappa shape index (κ2) is 16.1. The maximum absolute atomic E-state index is 4.32. The van der Waals surface area contributed by atoms with Crippen LogP contribution >= 0.6 is 0 Å². The summed E-state index contributed by atoms with van der Waals surface area (Å²) < 4.78 is 0. The zero-order valence-corrected chi connectivity index (χ0v) is 33.3. The lowest BCUT2D eigenvalue weighted by Gasteiger charge is -2.21. The van der Waals surface area contributed by atoms with E-state index in [1.165, 1.54) is 71.3 Å². The maximum atomic E-state index is 4.32. The molecule has 0 fully saturated rings. The minimum atomic E-state index is 1.09. The van der Waals surface area contributed by atoms with E-state index in [9.17, 15) is 0 Å². The molecule has 0 unspecified atom stereocenters. The molecular formula is C59H44. The molecule has 0 heterocycles. The van der Waals surface area contributed by atoms with Crippen LogP contribution in [-0.2, 0) is 0 Å². The number of allylic oxidation sites excluding steroid dienone is 5. The van der Waals surface area contributed by atoms with Crippen LogP contribution in [0.15, 0.2) is 220 Å². The molecule has 9 rings (SSSR count). The minimum Gasteiger partial charge on any atom is -0.0990 e. The van der Waals surface area contributed by atoms with Crippen molar-refractivity contribution < 1.29 is 0 Å². The summed E-state index contributed by atoms with van der Waals surface area (Å²) in [5.74, 6) is 0. The Hall–Kier alpha value is -7.54. The molecule has 0 nitrogen and oxygen atoms in total. The summed E-state index contributed by atoms with van der Waals surface area (Å²) in [5.41, 5.74) is 16.3. The molecule has 0 aromatic heterocycles. The first-order chi connectivity index (χ1) is 29.1. The van der Waals surface area contributed by atoms with Crippen LogP contribution in [0.3, 0.4) is 0 Å². The zero-order valence-electron chi connectivity index (χ0n) is 33.3. The van der Waals surface area contributed by atoms with Crippen LogP contribution in [0, 0.1) is 0 Å². The molecule has 0 spiro atoms. The highest BCUT2D eigenvalue weighted by atomic mass is 14.2. The van der Waals surface area contributed by atoms with Crippen molar-refractivity contribution in [1.82, 2.24) is 0 Å². The van der Waals surface area contributed by atoms with E-state index in [1.54, 1.807) is 0 Å². The van der Waals surface area contributed by atoms with E-state index in [-0.39, 0.29) is 0 Å². The van der Waals surface area contributed by atoms with E-state index < -0.39 is 0 Å². The average molecular weight is 753 g/mol. The first-order valence-electron chi connectivity index (χ1n) is 20.2. The molecule has 0 aliphatic rings. The van der Waals surface area contributed by atoms with E-state index in [0.29, 0.717) is 0 Å². The molecule has 0 radical (unpaired) electrons. The number of rotatable bonds is 10. The molecule has 9 aromatic rings. The molecule has 0 saturated heterocycles. The highest BCUT2D eigenvalue weighted by Gasteiger charge is 2.20. The summed E-state index contributed by atoms with van der Waals surface area (Å²) in [6.45, 7) is 14.7. The van der Waals surface area contributed by atoms with Crippen LogP contribution in [-0.4, -0.2) is 0 Å². The van der Waals surface area contributed by atoms with E-state index in [4.69, 9.17) is 0 Å². The van der Waals surface area contributed by atoms with Gasteiger partial charge in [-0.15, -0.1) is 0 Å². The van der Waals surface area contributed by atoms with Crippen LogP contribution in [0.4, 0.5) is 0 Å². The molecule has 0 aliphatic carbocycles. The van der Waals surface area contributed by atoms with E-state index >= 15 is 0 Å². The quantitative estimate of drug-likeness (QED) is 0.0964. The predicted octanol–water partition coefficient (Wildman–Crippen LogP) is 16.9. The Bertz CT molecular complexity index is 3100. The third kappa shape index (κ3) is 6.65. The van der Waals surface area contributed by atoms with Gasteiger partial charge in [0.25, 0.3) is 0 Å². The van der Waals surface area contributed by atoms with Crippen LogP contribution in [0.1, 0.15) is 23.6 Å². The third-order valence-corrected chi connectivity index (χ3v) is 11.5. The Labute approximate surface area is 347 Å². The molecule has 0 N–H and O–H groups in total. The summed E-state index contributed by atoms with van der Waals surface area (Å²) in [6.07, 6.45) is 12.3. The monoisotopic (exact) mass is 752 g/mol. The molecule has 0 bridgehead atoms. The van der Waals surface area contributed by atoms with Crippen LogP contribution in [0.25, 0.3) is 106 Å². The van der Waals surface area contributed by atoms with Gasteiger partial charge in [0.05, 0.1) is 0 Å². The van der Waals surface area contributed by atoms with Gasteiger partial charge in [-0.05, 0) is 129 Å². The Morgan fingerprint density at radius 1 is 0.373 bits per heavy atom. The summed E-state index contributed by atoms with van der Waals surface area (Å²) in [6, 6.07) is 63.8. The van der Waals surface area contributed by atoms with Crippen molar-refractivity contribution in [2.24, 2.45) is 0 Å². The van der Waals surface area contributed by atoms with Gasteiger partial charge in [0.15, 0.2) is 0 Å². The highest BCUT2D eigenvalue weighted by Crippen LogP contribution is 2.46. The largest absolute Gasteiger partial charge is 0.0990 e. The van der Waals surface area contributed by atoms with Gasteiger partial charge in [-0.3, -0.25) is 0 Å². The third-order valence-electron chi connectivity index (χ3n) is 11.5. The standard InChI is InChI=1S/C59H44/c1-5-20-42(21-6-2)58-50-28-18-19-29-51(50)59(45-26-16-11-17-27-45)55-39-47(35-37-53(55)58)41-32-30-40(31-33-41)46-34-36-52-54(38-46)57(44-24-14-10-15-25-44)49(8-4)48(7-3)56(52)43-22-12-9-13-23-43/h5-39H,1,3-4H2,2H3/b21-6-,42-20+. The fraction of sp³-hybridized carbons (Fsp3) is 0.0169. The highest BCUT2D eigenvalue weighted by molar-refractivity contribution is 6.20. The van der Waals surface area contributed by atoms with E-state index in [0.717, 1.165) is 39.0 Å². The average Bonchev–Trinajstić information content (AvgIpc) is 3.30. The van der Waals surface area contributed by atoms with E-state index in [1.807, 2.05) is 18.2 Å². The molecule has 0 saturated carbocycles. The normalized spacial score (nSPS) is 11.7. The van der Waals surface area contributed by atoms with Crippen molar-refractivity contribution in [3.63, 3.8) is 0 Å². The summed E-state index contributed by atoms with van der Waals surface area (Å²) >= 11 is 0. The second-order valence-corrected chi connectivity index (χ2v) is 14.8. The molecule has 0 atom stereocenters. The fourth-order valence-electron chi connectivity index (χ4n) is 8.93. The summed E-state index contributed by atoms with van der Waals surface area (Å²) in [5, 5.41) is 7.27. The van der Waals surface area contributed by atoms with E-state index in [2.05, 4.69) is 221 Å². The van der Waals surface area contributed by atoms with Crippen molar-refractivity contribution in [3.05, 3.63) is 237 Å². The fourth-order valence-corrected chi connectivity index (χ4v) is 8.93. The van der Waals surface area contributed by atoms with Gasteiger partial charge in [-0.25, -0.2) is 0 Å². The lowest BCUT2D eigenvalue weighted by atomic mass is 9.82. The molecule has 0 amide bonds. The predicted molar refractivity (Wildman–Crippen MR) is 259 cm³/mol. The number of hydrogen-bond acceptors (Lipinski definition) is 0. The van der Waals surface area contributed by atoms with Crippen molar-refractivity contribution in [1.29, 1.82) is 0 Å². The van der Waals surface area contributed by atoms with Gasteiger partial charge in [0.2, 0.25) is 0 Å². The minimum absolute atomic E-state index is 1.09. The lowest BCUT2D eigenvalue weighted by molar-refractivity contribution is 1.57. The first-order valence-corrected chi connectivity index (χ1v) is 20.2. The first kappa shape index (κ1) is 37.1. The smallest absolute Gasteiger partial charge is 0.00262 e. The Kier molecular flexibility index (Phi) is 10.1. The molecule has 0 aliphatic heterocycles. The summed E-state index contributed by atoms with van der Waals surface area (Å²) in [4.78, 5) is 0. The van der Waals surface area contributed by atoms with Crippen LogP contribution in [0.5, 0.6) is 0 Å². The Morgan fingerprint density at radius 3 is 1.25 bits per heavy atom. The van der Waals surface area contributed by atoms with Gasteiger partial charge in [-0.2, -0.15) is 0 Å². The van der Waals surface area contributed by atoms with Gasteiger partial charge in [0, 0.05) is 0 Å². The lowest BCUT2D eigenvalue weighted by Crippen LogP contribution is -1.96. The van der Waals surface area contributed by atoms with Crippen LogP contribution < -0.4 is 0 Å². The van der Waals surface area contributed by atoms with Crippen molar-refractivity contribution in [3.8, 4) is 55.6 Å².